The first-order valence-corrected chi connectivity index (χ1v) is 10.8. The van der Waals surface area contributed by atoms with E-state index in [1.807, 2.05) is 20.8 Å². The van der Waals surface area contributed by atoms with Crippen molar-refractivity contribution in [1.29, 1.82) is 0 Å². The number of anilines is 1. The van der Waals surface area contributed by atoms with Gasteiger partial charge in [0.15, 0.2) is 5.82 Å². The summed E-state index contributed by atoms with van der Waals surface area (Å²) in [5, 5.41) is 17.5. The summed E-state index contributed by atoms with van der Waals surface area (Å²) in [5.41, 5.74) is -0.140. The van der Waals surface area contributed by atoms with Crippen molar-refractivity contribution < 1.29 is 19.2 Å². The minimum atomic E-state index is -0.283. The number of aliphatic hydroxyl groups is 1. The highest BCUT2D eigenvalue weighted by molar-refractivity contribution is 5.91. The van der Waals surface area contributed by atoms with Crippen LogP contribution in [0.15, 0.2) is 10.6 Å². The van der Waals surface area contributed by atoms with Crippen molar-refractivity contribution in [3.63, 3.8) is 0 Å². The summed E-state index contributed by atoms with van der Waals surface area (Å²) in [4.78, 5) is 17.1. The number of aliphatic hydroxyl groups excluding tert-OH is 1. The molecule has 3 fully saturated rings. The van der Waals surface area contributed by atoms with Crippen LogP contribution in [0.1, 0.15) is 39.4 Å². The Morgan fingerprint density at radius 1 is 1.24 bits per heavy atom. The summed E-state index contributed by atoms with van der Waals surface area (Å²) in [6.07, 6.45) is 1.54. The van der Waals surface area contributed by atoms with Crippen LogP contribution in [0.2, 0.25) is 0 Å². The number of hydrogen-bond acceptors (Lipinski definition) is 7. The molecule has 0 bridgehead atoms. The molecule has 2 saturated heterocycles. The number of fused-ring (bicyclic) bond motifs is 1. The molecule has 2 aliphatic heterocycles. The van der Waals surface area contributed by atoms with Crippen LogP contribution in [-0.2, 0) is 14.9 Å². The average Bonchev–Trinajstić information content (AvgIpc) is 3.27. The summed E-state index contributed by atoms with van der Waals surface area (Å²) < 4.78 is 10.8. The van der Waals surface area contributed by atoms with Gasteiger partial charge in [0, 0.05) is 43.7 Å². The minimum Gasteiger partial charge on any atom is -0.391 e. The number of rotatable bonds is 4. The van der Waals surface area contributed by atoms with E-state index in [0.29, 0.717) is 24.2 Å². The summed E-state index contributed by atoms with van der Waals surface area (Å²) >= 11 is 0. The standard InChI is InChI=1S/C21H34N4O4/c1-21(2,3)18-10-19(23-29-18)22-20(27)13-24-11-14-8-16(17(26)9-15(14)12-24)25-4-6-28-7-5-25/h10,14-17,26H,4-9,11-13H2,1-3H3,(H,22,23,27)/t14-,15+,16-,17-/m1/s1. The molecule has 1 aromatic heterocycles. The Balaban J connectivity index is 1.29. The normalized spacial score (nSPS) is 31.6. The Morgan fingerprint density at radius 2 is 1.93 bits per heavy atom. The molecule has 1 saturated carbocycles. The molecule has 1 aromatic rings. The third-order valence-electron chi connectivity index (χ3n) is 6.58. The van der Waals surface area contributed by atoms with Gasteiger partial charge in [-0.15, -0.1) is 0 Å². The van der Waals surface area contributed by atoms with Gasteiger partial charge in [0.25, 0.3) is 0 Å². The molecule has 4 rings (SSSR count). The topological polar surface area (TPSA) is 91.1 Å². The molecule has 0 radical (unpaired) electrons. The lowest BCUT2D eigenvalue weighted by Gasteiger charge is -2.43. The molecule has 3 heterocycles. The molecule has 1 aliphatic carbocycles. The fourth-order valence-electron chi connectivity index (χ4n) is 5.01. The van der Waals surface area contributed by atoms with E-state index in [2.05, 4.69) is 20.3 Å². The van der Waals surface area contributed by atoms with Crippen LogP contribution in [0.5, 0.6) is 0 Å². The zero-order valence-corrected chi connectivity index (χ0v) is 17.8. The molecular formula is C21H34N4O4. The van der Waals surface area contributed by atoms with Crippen molar-refractivity contribution in [3.8, 4) is 0 Å². The maximum Gasteiger partial charge on any atom is 0.239 e. The molecule has 0 spiro atoms. The van der Waals surface area contributed by atoms with E-state index in [-0.39, 0.29) is 23.5 Å². The van der Waals surface area contributed by atoms with Gasteiger partial charge in [-0.25, -0.2) is 0 Å². The monoisotopic (exact) mass is 406 g/mol. The Hall–Kier alpha value is -1.48. The third-order valence-corrected chi connectivity index (χ3v) is 6.58. The highest BCUT2D eigenvalue weighted by Crippen LogP contribution is 2.38. The zero-order chi connectivity index (χ0) is 20.6. The molecule has 2 N–H and O–H groups in total. The number of carbonyl (C=O) groups is 1. The van der Waals surface area contributed by atoms with Gasteiger partial charge in [-0.3, -0.25) is 14.6 Å². The molecule has 4 atom stereocenters. The lowest BCUT2D eigenvalue weighted by molar-refractivity contribution is -0.117. The van der Waals surface area contributed by atoms with Gasteiger partial charge in [0.1, 0.15) is 5.76 Å². The van der Waals surface area contributed by atoms with Crippen LogP contribution in [-0.4, -0.2) is 84.1 Å². The van der Waals surface area contributed by atoms with E-state index in [9.17, 15) is 9.90 Å². The number of nitrogens with one attached hydrogen (secondary N) is 1. The molecule has 8 nitrogen and oxygen atoms in total. The van der Waals surface area contributed by atoms with Crippen LogP contribution in [0.25, 0.3) is 0 Å². The molecule has 162 valence electrons. The van der Waals surface area contributed by atoms with Crippen LogP contribution in [0.3, 0.4) is 0 Å². The largest absolute Gasteiger partial charge is 0.391 e. The van der Waals surface area contributed by atoms with Crippen molar-refractivity contribution in [1.82, 2.24) is 15.0 Å². The number of carbonyl (C=O) groups excluding carboxylic acids is 1. The fraction of sp³-hybridized carbons (Fsp3) is 0.810. The van der Waals surface area contributed by atoms with E-state index >= 15 is 0 Å². The van der Waals surface area contributed by atoms with Gasteiger partial charge >= 0.3 is 0 Å². The maximum atomic E-state index is 12.5. The summed E-state index contributed by atoms with van der Waals surface area (Å²) in [7, 11) is 0. The molecule has 3 aliphatic rings. The van der Waals surface area contributed by atoms with Crippen LogP contribution in [0, 0.1) is 11.8 Å². The van der Waals surface area contributed by atoms with Crippen molar-refractivity contribution in [2.24, 2.45) is 11.8 Å². The second kappa shape index (κ2) is 8.34. The Morgan fingerprint density at radius 3 is 2.59 bits per heavy atom. The summed E-state index contributed by atoms with van der Waals surface area (Å²) in [5.74, 6) is 2.17. The van der Waals surface area contributed by atoms with Gasteiger partial charge < -0.3 is 19.7 Å². The van der Waals surface area contributed by atoms with Crippen molar-refractivity contribution in [2.75, 3.05) is 51.3 Å². The van der Waals surface area contributed by atoms with Crippen LogP contribution < -0.4 is 5.32 Å². The molecule has 8 heteroatoms. The van der Waals surface area contributed by atoms with Crippen molar-refractivity contribution in [3.05, 3.63) is 11.8 Å². The Kier molecular flexibility index (Phi) is 5.97. The lowest BCUT2D eigenvalue weighted by atomic mass is 9.77. The predicted octanol–water partition coefficient (Wildman–Crippen LogP) is 1.31. The highest BCUT2D eigenvalue weighted by Gasteiger charge is 2.43. The SMILES string of the molecule is CC(C)(C)c1cc(NC(=O)CN2C[C@H]3C[C@@H](N4CCOCC4)[C@H](O)C[C@H]3C2)no1. The quantitative estimate of drug-likeness (QED) is 0.779. The van der Waals surface area contributed by atoms with E-state index in [4.69, 9.17) is 9.26 Å². The van der Waals surface area contributed by atoms with Gasteiger partial charge in [-0.2, -0.15) is 0 Å². The second-order valence-corrected chi connectivity index (χ2v) is 9.84. The minimum absolute atomic E-state index is 0.0670. The summed E-state index contributed by atoms with van der Waals surface area (Å²) in [6.45, 7) is 11.6. The van der Waals surface area contributed by atoms with Gasteiger partial charge in [-0.1, -0.05) is 25.9 Å². The van der Waals surface area contributed by atoms with E-state index in [1.165, 1.54) is 0 Å². The third kappa shape index (κ3) is 4.82. The number of likely N-dealkylation sites (tertiary alicyclic amines) is 1. The van der Waals surface area contributed by atoms with Crippen LogP contribution in [0.4, 0.5) is 5.82 Å². The first-order valence-electron chi connectivity index (χ1n) is 10.8. The predicted molar refractivity (Wildman–Crippen MR) is 109 cm³/mol. The number of aromatic nitrogens is 1. The Bertz CT molecular complexity index is 710. The number of nitrogens with zero attached hydrogens (tertiary/aromatic N) is 3. The van der Waals surface area contributed by atoms with E-state index in [1.54, 1.807) is 6.07 Å². The zero-order valence-electron chi connectivity index (χ0n) is 17.8. The number of morpholine rings is 1. The molecular weight excluding hydrogens is 372 g/mol. The van der Waals surface area contributed by atoms with Gasteiger partial charge in [-0.05, 0) is 24.7 Å². The molecule has 0 aromatic carbocycles. The van der Waals surface area contributed by atoms with E-state index < -0.39 is 0 Å². The maximum absolute atomic E-state index is 12.5. The van der Waals surface area contributed by atoms with Crippen molar-refractivity contribution in [2.45, 2.75) is 51.2 Å². The average molecular weight is 407 g/mol. The number of ether oxygens (including phenoxy) is 1. The second-order valence-electron chi connectivity index (χ2n) is 9.84. The highest BCUT2D eigenvalue weighted by atomic mass is 16.5. The molecule has 29 heavy (non-hydrogen) atoms. The lowest BCUT2D eigenvalue weighted by Crippen LogP contribution is -2.53. The molecule has 1 amide bonds. The first-order chi connectivity index (χ1) is 13.8. The van der Waals surface area contributed by atoms with Crippen LogP contribution >= 0.6 is 0 Å². The smallest absolute Gasteiger partial charge is 0.239 e. The number of amides is 1. The molecule has 0 unspecified atom stereocenters. The van der Waals surface area contributed by atoms with Gasteiger partial charge in [0.2, 0.25) is 5.91 Å². The van der Waals surface area contributed by atoms with E-state index in [0.717, 1.165) is 58.0 Å². The number of hydrogen-bond donors (Lipinski definition) is 2. The first kappa shape index (κ1) is 20.8. The Labute approximate surface area is 172 Å². The van der Waals surface area contributed by atoms with Gasteiger partial charge in [0.05, 0.1) is 25.9 Å². The fourth-order valence-corrected chi connectivity index (χ4v) is 5.01. The van der Waals surface area contributed by atoms with Crippen molar-refractivity contribution >= 4 is 11.7 Å². The summed E-state index contributed by atoms with van der Waals surface area (Å²) in [6, 6.07) is 2.02.